The predicted molar refractivity (Wildman–Crippen MR) is 57.5 cm³/mol. The lowest BCUT2D eigenvalue weighted by atomic mass is 9.97. The van der Waals surface area contributed by atoms with E-state index in [4.69, 9.17) is 0 Å². The van der Waals surface area contributed by atoms with E-state index in [1.807, 2.05) is 32.0 Å². The Hall–Kier alpha value is -1.35. The number of hydrogen-bond donors (Lipinski definition) is 1. The van der Waals surface area contributed by atoms with Gasteiger partial charge in [-0.2, -0.15) is 0 Å². The highest BCUT2D eigenvalue weighted by Gasteiger charge is 2.15. The van der Waals surface area contributed by atoms with Crippen molar-refractivity contribution in [2.75, 3.05) is 7.11 Å². The molecule has 0 radical (unpaired) electrons. The lowest BCUT2D eigenvalue weighted by Crippen LogP contribution is -2.09. The van der Waals surface area contributed by atoms with Crippen LogP contribution in [-0.4, -0.2) is 18.2 Å². The number of aliphatic hydroxyl groups is 1. The third-order valence-electron chi connectivity index (χ3n) is 2.59. The van der Waals surface area contributed by atoms with Crippen molar-refractivity contribution in [3.63, 3.8) is 0 Å². The maximum absolute atomic E-state index is 11.0. The quantitative estimate of drug-likeness (QED) is 0.772. The molecule has 0 fully saturated rings. The van der Waals surface area contributed by atoms with E-state index < -0.39 is 12.1 Å². The number of carbonyl (C=O) groups excluding carboxylic acids is 1. The smallest absolute Gasteiger partial charge is 0.308 e. The first-order chi connectivity index (χ1) is 7.06. The van der Waals surface area contributed by atoms with E-state index in [9.17, 15) is 9.90 Å². The van der Waals surface area contributed by atoms with Crippen LogP contribution in [0.3, 0.4) is 0 Å². The molecule has 0 amide bonds. The Morgan fingerprint density at radius 1 is 1.47 bits per heavy atom. The molecule has 82 valence electrons. The summed E-state index contributed by atoms with van der Waals surface area (Å²) >= 11 is 0. The van der Waals surface area contributed by atoms with Gasteiger partial charge in [-0.15, -0.1) is 0 Å². The van der Waals surface area contributed by atoms with Crippen LogP contribution >= 0.6 is 0 Å². The van der Waals surface area contributed by atoms with Crippen LogP contribution < -0.4 is 0 Å². The first-order valence-electron chi connectivity index (χ1n) is 4.87. The van der Waals surface area contributed by atoms with E-state index >= 15 is 0 Å². The molecule has 1 N–H and O–H groups in total. The molecule has 0 aromatic heterocycles. The van der Waals surface area contributed by atoms with Gasteiger partial charge in [-0.1, -0.05) is 18.2 Å². The lowest BCUT2D eigenvalue weighted by molar-refractivity contribution is -0.142. The molecule has 1 atom stereocenters. The van der Waals surface area contributed by atoms with Crippen LogP contribution in [0.2, 0.25) is 0 Å². The second-order valence-corrected chi connectivity index (χ2v) is 3.59. The lowest BCUT2D eigenvalue weighted by Gasteiger charge is -2.13. The van der Waals surface area contributed by atoms with E-state index in [0.29, 0.717) is 0 Å². The molecule has 3 nitrogen and oxygen atoms in total. The normalized spacial score (nSPS) is 12.3. The van der Waals surface area contributed by atoms with Gasteiger partial charge in [0.1, 0.15) is 0 Å². The summed E-state index contributed by atoms with van der Waals surface area (Å²) in [4.78, 5) is 11.0. The van der Waals surface area contributed by atoms with Gasteiger partial charge < -0.3 is 9.84 Å². The van der Waals surface area contributed by atoms with Crippen molar-refractivity contribution in [3.05, 3.63) is 34.9 Å². The fourth-order valence-corrected chi connectivity index (χ4v) is 1.49. The molecule has 0 saturated carbocycles. The fourth-order valence-electron chi connectivity index (χ4n) is 1.49. The minimum atomic E-state index is -0.780. The number of esters is 1. The maximum Gasteiger partial charge on any atom is 0.308 e. The summed E-state index contributed by atoms with van der Waals surface area (Å²) in [5, 5.41) is 9.83. The molecule has 15 heavy (non-hydrogen) atoms. The number of aliphatic hydroxyl groups excluding tert-OH is 1. The molecular weight excluding hydrogens is 192 g/mol. The van der Waals surface area contributed by atoms with Gasteiger partial charge in [0.05, 0.1) is 19.6 Å². The Morgan fingerprint density at radius 2 is 2.13 bits per heavy atom. The zero-order chi connectivity index (χ0) is 11.4. The van der Waals surface area contributed by atoms with Gasteiger partial charge in [0, 0.05) is 0 Å². The van der Waals surface area contributed by atoms with Gasteiger partial charge in [0.15, 0.2) is 0 Å². The minimum absolute atomic E-state index is 0.000787. The van der Waals surface area contributed by atoms with E-state index in [2.05, 4.69) is 4.74 Å². The zero-order valence-corrected chi connectivity index (χ0v) is 9.28. The molecular formula is C12H16O3. The molecule has 0 heterocycles. The molecule has 0 saturated heterocycles. The van der Waals surface area contributed by atoms with Crippen LogP contribution in [0.25, 0.3) is 0 Å². The largest absolute Gasteiger partial charge is 0.469 e. The van der Waals surface area contributed by atoms with E-state index in [-0.39, 0.29) is 6.42 Å². The Morgan fingerprint density at radius 3 is 2.73 bits per heavy atom. The third-order valence-corrected chi connectivity index (χ3v) is 2.59. The summed E-state index contributed by atoms with van der Waals surface area (Å²) in [6.07, 6.45) is -0.779. The number of ether oxygens (including phenoxy) is 1. The Kier molecular flexibility index (Phi) is 3.86. The average Bonchev–Trinajstić information content (AvgIpc) is 2.21. The van der Waals surface area contributed by atoms with Crippen molar-refractivity contribution in [1.82, 2.24) is 0 Å². The summed E-state index contributed by atoms with van der Waals surface area (Å²) in [5.41, 5.74) is 2.92. The van der Waals surface area contributed by atoms with Crippen molar-refractivity contribution in [1.29, 1.82) is 0 Å². The molecule has 0 aliphatic heterocycles. The summed E-state index contributed by atoms with van der Waals surface area (Å²) in [6.45, 7) is 3.91. The summed E-state index contributed by atoms with van der Waals surface area (Å²) < 4.78 is 4.51. The number of carbonyl (C=O) groups is 1. The van der Waals surface area contributed by atoms with Crippen molar-refractivity contribution in [3.8, 4) is 0 Å². The monoisotopic (exact) mass is 208 g/mol. The SMILES string of the molecule is COC(=O)C[C@H](O)c1cccc(C)c1C. The summed E-state index contributed by atoms with van der Waals surface area (Å²) in [5.74, 6) is -0.400. The van der Waals surface area contributed by atoms with E-state index in [1.54, 1.807) is 0 Å². The first kappa shape index (κ1) is 11.7. The molecule has 1 aromatic carbocycles. The molecule has 0 aliphatic carbocycles. The molecule has 0 spiro atoms. The van der Waals surface area contributed by atoms with Crippen LogP contribution in [0.1, 0.15) is 29.2 Å². The Balaban J connectivity index is 2.86. The Bertz CT molecular complexity index is 358. The zero-order valence-electron chi connectivity index (χ0n) is 9.28. The third kappa shape index (κ3) is 2.80. The molecule has 3 heteroatoms. The molecule has 0 bridgehead atoms. The van der Waals surface area contributed by atoms with Gasteiger partial charge in [-0.25, -0.2) is 0 Å². The first-order valence-corrected chi connectivity index (χ1v) is 4.87. The Labute approximate surface area is 89.7 Å². The minimum Gasteiger partial charge on any atom is -0.469 e. The number of methoxy groups -OCH3 is 1. The molecule has 1 rings (SSSR count). The molecule has 0 unspecified atom stereocenters. The van der Waals surface area contributed by atoms with Gasteiger partial charge in [0.25, 0.3) is 0 Å². The second-order valence-electron chi connectivity index (χ2n) is 3.59. The maximum atomic E-state index is 11.0. The van der Waals surface area contributed by atoms with Gasteiger partial charge in [-0.3, -0.25) is 4.79 Å². The highest BCUT2D eigenvalue weighted by molar-refractivity contribution is 5.70. The van der Waals surface area contributed by atoms with Gasteiger partial charge >= 0.3 is 5.97 Å². The van der Waals surface area contributed by atoms with Crippen LogP contribution in [0, 0.1) is 13.8 Å². The molecule has 0 aliphatic rings. The van der Waals surface area contributed by atoms with Crippen molar-refractivity contribution in [2.24, 2.45) is 0 Å². The summed E-state index contributed by atoms with van der Waals surface area (Å²) in [7, 11) is 1.32. The van der Waals surface area contributed by atoms with Crippen LogP contribution in [0.4, 0.5) is 0 Å². The number of hydrogen-bond acceptors (Lipinski definition) is 3. The van der Waals surface area contributed by atoms with E-state index in [1.165, 1.54) is 7.11 Å². The fraction of sp³-hybridized carbons (Fsp3) is 0.417. The highest BCUT2D eigenvalue weighted by Crippen LogP contribution is 2.22. The van der Waals surface area contributed by atoms with Crippen LogP contribution in [-0.2, 0) is 9.53 Å². The molecule has 1 aromatic rings. The topological polar surface area (TPSA) is 46.5 Å². The number of aryl methyl sites for hydroxylation is 1. The van der Waals surface area contributed by atoms with Gasteiger partial charge in [0.2, 0.25) is 0 Å². The number of rotatable bonds is 3. The van der Waals surface area contributed by atoms with Gasteiger partial charge in [-0.05, 0) is 30.5 Å². The van der Waals surface area contributed by atoms with Crippen molar-refractivity contribution >= 4 is 5.97 Å². The van der Waals surface area contributed by atoms with Crippen molar-refractivity contribution < 1.29 is 14.6 Å². The second kappa shape index (κ2) is 4.94. The predicted octanol–water partition coefficient (Wildman–Crippen LogP) is 1.90. The highest BCUT2D eigenvalue weighted by atomic mass is 16.5. The van der Waals surface area contributed by atoms with E-state index in [0.717, 1.165) is 16.7 Å². The van der Waals surface area contributed by atoms with Crippen LogP contribution in [0.5, 0.6) is 0 Å². The van der Waals surface area contributed by atoms with Crippen LogP contribution in [0.15, 0.2) is 18.2 Å². The van der Waals surface area contributed by atoms with Crippen molar-refractivity contribution in [2.45, 2.75) is 26.4 Å². The number of benzene rings is 1. The average molecular weight is 208 g/mol. The standard InChI is InChI=1S/C12H16O3/c1-8-5-4-6-10(9(8)2)11(13)7-12(14)15-3/h4-6,11,13H,7H2,1-3H3/t11-/m0/s1. The summed E-state index contributed by atoms with van der Waals surface area (Å²) in [6, 6.07) is 5.68.